The molecule has 3 aromatic carbocycles. The number of nitrogens with two attached hydrogens (primary N) is 1. The van der Waals surface area contributed by atoms with Crippen molar-refractivity contribution in [3.63, 3.8) is 0 Å². The highest BCUT2D eigenvalue weighted by atomic mass is 32.2. The molecule has 198 valence electrons. The number of sulfone groups is 1. The first-order valence-electron chi connectivity index (χ1n) is 11.9. The van der Waals surface area contributed by atoms with Crippen LogP contribution in [-0.2, 0) is 21.0 Å². The number of ether oxygens (including phenoxy) is 2. The van der Waals surface area contributed by atoms with Crippen LogP contribution in [0.25, 0.3) is 0 Å². The molecule has 0 bridgehead atoms. The topological polar surface area (TPSA) is 105 Å². The Morgan fingerprint density at radius 3 is 2.08 bits per heavy atom. The molecule has 0 heterocycles. The molecule has 2 N–H and O–H groups in total. The fraction of sp³-hybridized carbons (Fsp3) is 0.321. The average molecular weight is 542 g/mol. The molecule has 37 heavy (non-hydrogen) atoms. The summed E-state index contributed by atoms with van der Waals surface area (Å²) >= 11 is 0. The number of hydrogen-bond donors (Lipinski definition) is 1. The number of anilines is 1. The second kappa shape index (κ2) is 10.6. The minimum absolute atomic E-state index is 0.0184. The number of methoxy groups -OCH3 is 2. The molecule has 0 atom stereocenters. The number of carbonyl (C=O) groups is 1. The van der Waals surface area contributed by atoms with Crippen LogP contribution in [0.4, 0.5) is 5.69 Å². The Labute approximate surface area is 220 Å². The smallest absolute Gasteiger partial charge is 0.338 e. The first-order chi connectivity index (χ1) is 17.2. The minimum atomic E-state index is -4.11. The zero-order valence-electron chi connectivity index (χ0n) is 22.4. The molecule has 0 amide bonds. The van der Waals surface area contributed by atoms with Gasteiger partial charge in [0, 0.05) is 12.0 Å². The van der Waals surface area contributed by atoms with E-state index in [1.807, 2.05) is 43.4 Å². The number of carbonyl (C=O) groups excluding carboxylic acids is 1. The van der Waals surface area contributed by atoms with Gasteiger partial charge in [-0.3, -0.25) is 0 Å². The van der Waals surface area contributed by atoms with Gasteiger partial charge in [0.1, 0.15) is 11.5 Å². The maximum absolute atomic E-state index is 13.8. The average Bonchev–Trinajstić information content (AvgIpc) is 2.85. The Morgan fingerprint density at radius 2 is 1.57 bits per heavy atom. The van der Waals surface area contributed by atoms with E-state index in [0.29, 0.717) is 17.7 Å². The molecule has 0 unspecified atom stereocenters. The van der Waals surface area contributed by atoms with E-state index >= 15 is 0 Å². The lowest BCUT2D eigenvalue weighted by Gasteiger charge is -2.38. The molecule has 0 radical (unpaired) electrons. The molecule has 0 saturated carbocycles. The minimum Gasteiger partial charge on any atom is -0.542 e. The molecule has 0 aliphatic rings. The second-order valence-corrected chi connectivity index (χ2v) is 17.0. The zero-order valence-corrected chi connectivity index (χ0v) is 24.2. The van der Waals surface area contributed by atoms with E-state index in [1.165, 1.54) is 32.4 Å². The third kappa shape index (κ3) is 5.83. The van der Waals surface area contributed by atoms with E-state index in [4.69, 9.17) is 19.6 Å². The summed E-state index contributed by atoms with van der Waals surface area (Å²) in [6, 6.07) is 16.8. The van der Waals surface area contributed by atoms with Gasteiger partial charge in [-0.25, -0.2) is 13.2 Å². The summed E-state index contributed by atoms with van der Waals surface area (Å²) in [7, 11) is -3.86. The van der Waals surface area contributed by atoms with Crippen molar-refractivity contribution in [2.45, 2.75) is 55.1 Å². The maximum Gasteiger partial charge on any atom is 0.338 e. The molecule has 0 spiro atoms. The van der Waals surface area contributed by atoms with E-state index in [2.05, 4.69) is 20.8 Å². The van der Waals surface area contributed by atoms with Crippen molar-refractivity contribution in [2.24, 2.45) is 0 Å². The first-order valence-corrected chi connectivity index (χ1v) is 16.3. The van der Waals surface area contributed by atoms with Gasteiger partial charge in [-0.15, -0.1) is 0 Å². The molecule has 0 fully saturated rings. The molecule has 7 nitrogen and oxygen atoms in total. The summed E-state index contributed by atoms with van der Waals surface area (Å²) in [4.78, 5) is 12.8. The quantitative estimate of drug-likeness (QED) is 0.216. The molecule has 0 saturated heterocycles. The molecule has 0 aliphatic heterocycles. The van der Waals surface area contributed by atoms with Crippen LogP contribution in [0.5, 0.6) is 11.5 Å². The lowest BCUT2D eigenvalue weighted by atomic mass is 9.97. The zero-order chi connectivity index (χ0) is 27.6. The van der Waals surface area contributed by atoms with Crippen molar-refractivity contribution in [2.75, 3.05) is 20.0 Å². The number of rotatable bonds is 8. The predicted molar refractivity (Wildman–Crippen MR) is 148 cm³/mol. The predicted octanol–water partition coefficient (Wildman–Crippen LogP) is 5.87. The third-order valence-electron chi connectivity index (χ3n) is 6.84. The highest BCUT2D eigenvalue weighted by molar-refractivity contribution is 7.91. The van der Waals surface area contributed by atoms with Crippen LogP contribution in [-0.4, -0.2) is 36.9 Å². The van der Waals surface area contributed by atoms with Gasteiger partial charge in [0.25, 0.3) is 8.32 Å². The van der Waals surface area contributed by atoms with Gasteiger partial charge in [-0.2, -0.15) is 0 Å². The van der Waals surface area contributed by atoms with Crippen LogP contribution in [0.2, 0.25) is 18.1 Å². The van der Waals surface area contributed by atoms with E-state index in [-0.39, 0.29) is 31.8 Å². The molecule has 0 aromatic heterocycles. The Bertz CT molecular complexity index is 1380. The Kier molecular flexibility index (Phi) is 8.09. The highest BCUT2D eigenvalue weighted by Crippen LogP contribution is 2.44. The molecular weight excluding hydrogens is 506 g/mol. The summed E-state index contributed by atoms with van der Waals surface area (Å²) in [6.45, 7) is 10.3. The molecule has 3 aromatic rings. The molecule has 0 aliphatic carbocycles. The van der Waals surface area contributed by atoms with Crippen LogP contribution in [0.1, 0.15) is 42.3 Å². The van der Waals surface area contributed by atoms with Crippen LogP contribution in [0, 0.1) is 0 Å². The van der Waals surface area contributed by atoms with Gasteiger partial charge in [-0.1, -0.05) is 51.1 Å². The Hall–Kier alpha value is -3.30. The van der Waals surface area contributed by atoms with E-state index in [1.54, 1.807) is 12.1 Å². The van der Waals surface area contributed by atoms with Gasteiger partial charge >= 0.3 is 5.97 Å². The van der Waals surface area contributed by atoms with Gasteiger partial charge in [0.05, 0.1) is 35.3 Å². The Morgan fingerprint density at radius 1 is 0.973 bits per heavy atom. The fourth-order valence-corrected chi connectivity index (χ4v) is 6.04. The summed E-state index contributed by atoms with van der Waals surface area (Å²) in [5.74, 6) is 0.0601. The summed E-state index contributed by atoms with van der Waals surface area (Å²) < 4.78 is 44.5. The van der Waals surface area contributed by atoms with Crippen molar-refractivity contribution >= 4 is 29.8 Å². The van der Waals surface area contributed by atoms with Gasteiger partial charge < -0.3 is 19.6 Å². The highest BCUT2D eigenvalue weighted by Gasteiger charge is 2.41. The number of benzene rings is 3. The monoisotopic (exact) mass is 541 g/mol. The van der Waals surface area contributed by atoms with Gasteiger partial charge in [-0.05, 0) is 54.0 Å². The largest absolute Gasteiger partial charge is 0.542 e. The van der Waals surface area contributed by atoms with Crippen LogP contribution in [0.15, 0.2) is 70.5 Å². The van der Waals surface area contributed by atoms with E-state index in [0.717, 1.165) is 5.56 Å². The summed E-state index contributed by atoms with van der Waals surface area (Å²) in [6.07, 6.45) is 0.308. The molecular formula is C28H35NO6SSi. The fourth-order valence-electron chi connectivity index (χ4n) is 3.59. The van der Waals surface area contributed by atoms with Crippen LogP contribution >= 0.6 is 0 Å². The lowest BCUT2D eigenvalue weighted by molar-refractivity contribution is 0.0599. The van der Waals surface area contributed by atoms with Crippen molar-refractivity contribution in [3.05, 3.63) is 77.4 Å². The van der Waals surface area contributed by atoms with Crippen molar-refractivity contribution in [1.82, 2.24) is 0 Å². The van der Waals surface area contributed by atoms with Crippen molar-refractivity contribution < 1.29 is 27.1 Å². The van der Waals surface area contributed by atoms with Crippen LogP contribution < -0.4 is 14.9 Å². The summed E-state index contributed by atoms with van der Waals surface area (Å²) in [5, 5.41) is -0.209. The normalized spacial score (nSPS) is 12.2. The number of hydrogen-bond acceptors (Lipinski definition) is 7. The van der Waals surface area contributed by atoms with E-state index < -0.39 is 24.1 Å². The number of esters is 1. The van der Waals surface area contributed by atoms with Crippen molar-refractivity contribution in [3.8, 4) is 11.5 Å². The lowest BCUT2D eigenvalue weighted by Crippen LogP contribution is -2.44. The van der Waals surface area contributed by atoms with E-state index in [9.17, 15) is 13.2 Å². The van der Waals surface area contributed by atoms with Crippen LogP contribution in [0.3, 0.4) is 0 Å². The maximum atomic E-state index is 13.8. The first kappa shape index (κ1) is 28.3. The SMILES string of the molecule is COC(=O)c1cc(S(=O)(=O)c2ccc(OC)cc2)c(N)c(O[Si](C)(C)C(C)(C)C)c1Cc1ccccc1. The standard InChI is InChI=1S/C28H35NO6SSi/c1-28(2,3)37(6,7)35-26-22(17-19-11-9-8-10-12-19)23(27(30)34-5)18-24(25(26)29)36(31,32)21-15-13-20(33-4)14-16-21/h8-16,18H,17,29H2,1-7H3. The summed E-state index contributed by atoms with van der Waals surface area (Å²) in [5.41, 5.74) is 8.10. The molecule has 9 heteroatoms. The molecule has 3 rings (SSSR count). The Balaban J connectivity index is 2.35. The second-order valence-electron chi connectivity index (χ2n) is 10.3. The third-order valence-corrected chi connectivity index (χ3v) is 13.0. The van der Waals surface area contributed by atoms with Gasteiger partial charge in [0.15, 0.2) is 0 Å². The number of nitrogen functional groups attached to an aromatic ring is 1. The van der Waals surface area contributed by atoms with Crippen molar-refractivity contribution in [1.29, 1.82) is 0 Å². The van der Waals surface area contributed by atoms with Gasteiger partial charge in [0.2, 0.25) is 9.84 Å².